The van der Waals surface area contributed by atoms with Crippen LogP contribution in [0, 0.1) is 17.5 Å². The minimum absolute atomic E-state index is 0.147. The number of nitrogens with zero attached hydrogens (tertiary/aromatic N) is 4. The highest BCUT2D eigenvalue weighted by molar-refractivity contribution is 8.00. The third-order valence-electron chi connectivity index (χ3n) is 7.81. The molecule has 5 rings (SSSR count). The van der Waals surface area contributed by atoms with Gasteiger partial charge in [0.1, 0.15) is 35.5 Å². The number of pyridine rings is 1. The average Bonchev–Trinajstić information content (AvgIpc) is 3.45. The third-order valence-corrected chi connectivity index (χ3v) is 9.41. The molecule has 3 aromatic rings. The first-order chi connectivity index (χ1) is 20.3. The van der Waals surface area contributed by atoms with Gasteiger partial charge in [-0.15, -0.1) is 16.9 Å². The first-order valence-corrected chi connectivity index (χ1v) is 14.4. The largest absolute Gasteiger partial charge is 0.418 e. The molecule has 16 heteroatoms. The van der Waals surface area contributed by atoms with Crippen LogP contribution in [0.3, 0.4) is 0 Å². The van der Waals surface area contributed by atoms with Gasteiger partial charge in [0.05, 0.1) is 34.9 Å². The number of thioether (sulfide) groups is 1. The molecule has 3 heterocycles. The summed E-state index contributed by atoms with van der Waals surface area (Å²) >= 11 is 0.681. The Kier molecular flexibility index (Phi) is 9.07. The highest BCUT2D eigenvalue weighted by Crippen LogP contribution is 2.52. The maximum atomic E-state index is 14.1. The molecular formula is C27H28F6N4O5S. The van der Waals surface area contributed by atoms with Crippen LogP contribution in [0.25, 0.3) is 11.3 Å². The van der Waals surface area contributed by atoms with Crippen LogP contribution in [0.4, 0.5) is 26.3 Å². The Morgan fingerprint density at radius 1 is 1.07 bits per heavy atom. The molecule has 1 saturated heterocycles. The van der Waals surface area contributed by atoms with Crippen LogP contribution in [0.1, 0.15) is 54.7 Å². The van der Waals surface area contributed by atoms with E-state index in [4.69, 9.17) is 4.74 Å². The number of aliphatic hydroxyl groups excluding tert-OH is 3. The second-order valence-electron chi connectivity index (χ2n) is 10.6. The molecule has 43 heavy (non-hydrogen) atoms. The lowest BCUT2D eigenvalue weighted by Gasteiger charge is -2.45. The Morgan fingerprint density at radius 3 is 2.37 bits per heavy atom. The van der Waals surface area contributed by atoms with Crippen molar-refractivity contribution in [1.82, 2.24) is 20.0 Å². The molecule has 9 nitrogen and oxygen atoms in total. The SMILES string of the molecule is OC[C@H]1O[C@@H](SC(c2ncccc2C(F)(F)F)C2(O)CCCCC2)[C@H](O)[C@@H](n2cc(-c3cc(F)c(F)c(F)c3)nn2)[C@H]1O. The lowest BCUT2D eigenvalue weighted by Crippen LogP contribution is -2.55. The fourth-order valence-corrected chi connectivity index (χ4v) is 7.23. The van der Waals surface area contributed by atoms with E-state index in [0.29, 0.717) is 36.7 Å². The van der Waals surface area contributed by atoms with Crippen molar-refractivity contribution in [1.29, 1.82) is 0 Å². The van der Waals surface area contributed by atoms with Gasteiger partial charge < -0.3 is 25.2 Å². The molecule has 234 valence electrons. The molecule has 1 unspecified atom stereocenters. The van der Waals surface area contributed by atoms with Gasteiger partial charge in [-0.25, -0.2) is 17.9 Å². The summed E-state index contributed by atoms with van der Waals surface area (Å²) in [4.78, 5) is 3.99. The van der Waals surface area contributed by atoms with Crippen LogP contribution < -0.4 is 0 Å². The standard InChI is InChI=1S/C27H28F6N4O5S/c28-15-9-13(10-16(29)19(15)30)17-11-37(36-35-17)21-22(39)18(12-38)42-25(23(21)40)43-24(26(41)6-2-1-3-7-26)20-14(27(31,32)33)5-4-8-34-20/h4-5,8-11,18,21-25,38-41H,1-3,6-7,12H2/t18-,21+,22+,23-,24?,25+/m1/s1. The molecule has 2 aromatic heterocycles. The molecular weight excluding hydrogens is 606 g/mol. The zero-order valence-corrected chi connectivity index (χ0v) is 23.1. The molecule has 0 bridgehead atoms. The maximum absolute atomic E-state index is 14.1. The van der Waals surface area contributed by atoms with Crippen molar-refractivity contribution in [2.24, 2.45) is 0 Å². The third kappa shape index (κ3) is 6.26. The Morgan fingerprint density at radius 2 is 1.74 bits per heavy atom. The highest BCUT2D eigenvalue weighted by atomic mass is 32.2. The number of alkyl halides is 3. The van der Waals surface area contributed by atoms with Crippen LogP contribution >= 0.6 is 11.8 Å². The molecule has 1 aliphatic heterocycles. The summed E-state index contributed by atoms with van der Waals surface area (Å²) < 4.78 is 90.0. The first kappa shape index (κ1) is 31.7. The number of rotatable bonds is 7. The molecule has 0 amide bonds. The lowest BCUT2D eigenvalue weighted by molar-refractivity contribution is -0.179. The van der Waals surface area contributed by atoms with Crippen molar-refractivity contribution < 1.29 is 51.5 Å². The Bertz CT molecular complexity index is 1420. The lowest BCUT2D eigenvalue weighted by atomic mass is 9.80. The average molecular weight is 635 g/mol. The highest BCUT2D eigenvalue weighted by Gasteiger charge is 2.51. The van der Waals surface area contributed by atoms with Gasteiger partial charge in [-0.3, -0.25) is 4.98 Å². The second kappa shape index (κ2) is 12.3. The van der Waals surface area contributed by atoms with Gasteiger partial charge in [0.15, 0.2) is 17.5 Å². The van der Waals surface area contributed by atoms with Gasteiger partial charge in [0.25, 0.3) is 0 Å². The molecule has 1 saturated carbocycles. The summed E-state index contributed by atoms with van der Waals surface area (Å²) in [5, 5.41) is 50.3. The van der Waals surface area contributed by atoms with E-state index in [1.165, 1.54) is 6.20 Å². The van der Waals surface area contributed by atoms with Gasteiger partial charge in [0, 0.05) is 11.8 Å². The number of aromatic nitrogens is 4. The quantitative estimate of drug-likeness (QED) is 0.225. The van der Waals surface area contributed by atoms with E-state index in [-0.39, 0.29) is 24.1 Å². The normalized spacial score (nSPS) is 26.8. The predicted octanol–water partition coefficient (Wildman–Crippen LogP) is 3.93. The summed E-state index contributed by atoms with van der Waals surface area (Å²) in [7, 11) is 0. The van der Waals surface area contributed by atoms with Gasteiger partial charge >= 0.3 is 6.18 Å². The Balaban J connectivity index is 1.51. The summed E-state index contributed by atoms with van der Waals surface area (Å²) in [6.07, 6.45) is -5.01. The minimum atomic E-state index is -4.80. The summed E-state index contributed by atoms with van der Waals surface area (Å²) in [6.45, 7) is -0.760. The number of hydrogen-bond acceptors (Lipinski definition) is 9. The van der Waals surface area contributed by atoms with Crippen LogP contribution in [0.5, 0.6) is 0 Å². The van der Waals surface area contributed by atoms with Crippen LogP contribution in [-0.4, -0.2) is 76.4 Å². The van der Waals surface area contributed by atoms with Crippen molar-refractivity contribution in [3.8, 4) is 11.3 Å². The van der Waals surface area contributed by atoms with Crippen molar-refractivity contribution >= 4 is 11.8 Å². The maximum Gasteiger partial charge on any atom is 0.418 e. The van der Waals surface area contributed by atoms with E-state index in [2.05, 4.69) is 15.3 Å². The minimum Gasteiger partial charge on any atom is -0.394 e. The first-order valence-electron chi connectivity index (χ1n) is 13.4. The topological polar surface area (TPSA) is 134 Å². The van der Waals surface area contributed by atoms with E-state index in [1.807, 2.05) is 0 Å². The molecule has 1 aliphatic carbocycles. The molecule has 0 radical (unpaired) electrons. The molecule has 1 aromatic carbocycles. The Hall–Kier alpha value is -2.76. The van der Waals surface area contributed by atoms with Gasteiger partial charge in [0.2, 0.25) is 0 Å². The van der Waals surface area contributed by atoms with E-state index in [9.17, 15) is 46.8 Å². The number of aliphatic hydroxyl groups is 4. The Labute approximate surface area is 245 Å². The monoisotopic (exact) mass is 634 g/mol. The smallest absolute Gasteiger partial charge is 0.394 e. The molecule has 2 fully saturated rings. The molecule has 0 spiro atoms. The van der Waals surface area contributed by atoms with Crippen LogP contribution in [0.2, 0.25) is 0 Å². The van der Waals surface area contributed by atoms with E-state index < -0.39 is 82.1 Å². The fraction of sp³-hybridized carbons (Fsp3) is 0.519. The number of benzene rings is 1. The molecule has 2 aliphatic rings. The van der Waals surface area contributed by atoms with Crippen molar-refractivity contribution in [2.75, 3.05) is 6.61 Å². The van der Waals surface area contributed by atoms with Gasteiger partial charge in [-0.05, 0) is 37.1 Å². The summed E-state index contributed by atoms with van der Waals surface area (Å²) in [5.74, 6) is -4.65. The van der Waals surface area contributed by atoms with Gasteiger partial charge in [-0.1, -0.05) is 24.5 Å². The number of ether oxygens (including phenoxy) is 1. The van der Waals surface area contributed by atoms with Crippen molar-refractivity contribution in [3.05, 3.63) is 65.4 Å². The van der Waals surface area contributed by atoms with E-state index in [1.54, 1.807) is 0 Å². The summed E-state index contributed by atoms with van der Waals surface area (Å²) in [5.41, 5.74) is -4.93. The van der Waals surface area contributed by atoms with E-state index >= 15 is 0 Å². The molecule has 4 N–H and O–H groups in total. The fourth-order valence-electron chi connectivity index (χ4n) is 5.62. The summed E-state index contributed by atoms with van der Waals surface area (Å²) in [6, 6.07) is 1.92. The van der Waals surface area contributed by atoms with Gasteiger partial charge in [-0.2, -0.15) is 13.2 Å². The van der Waals surface area contributed by atoms with Crippen molar-refractivity contribution in [3.63, 3.8) is 0 Å². The van der Waals surface area contributed by atoms with E-state index in [0.717, 1.165) is 29.4 Å². The zero-order valence-electron chi connectivity index (χ0n) is 22.3. The second-order valence-corrected chi connectivity index (χ2v) is 11.9. The van der Waals surface area contributed by atoms with Crippen molar-refractivity contribution in [2.45, 2.75) is 78.9 Å². The van der Waals surface area contributed by atoms with Crippen LogP contribution in [-0.2, 0) is 10.9 Å². The predicted molar refractivity (Wildman–Crippen MR) is 140 cm³/mol. The number of hydrogen-bond donors (Lipinski definition) is 4. The van der Waals surface area contributed by atoms with Crippen LogP contribution in [0.15, 0.2) is 36.7 Å². The zero-order chi connectivity index (χ0) is 31.1. The molecule has 6 atom stereocenters. The number of halogens is 6.